The Morgan fingerprint density at radius 1 is 1.03 bits per heavy atom. The highest BCUT2D eigenvalue weighted by Crippen LogP contribution is 2.19. The van der Waals surface area contributed by atoms with Gasteiger partial charge in [0.25, 0.3) is 0 Å². The molecule has 4 unspecified atom stereocenters. The molecule has 1 aromatic rings. The van der Waals surface area contributed by atoms with Crippen LogP contribution in [-0.4, -0.2) is 106 Å². The van der Waals surface area contributed by atoms with Crippen LogP contribution in [0.5, 0.6) is 5.75 Å². The van der Waals surface area contributed by atoms with Gasteiger partial charge >= 0.3 is 0 Å². The second kappa shape index (κ2) is 12.9. The Labute approximate surface area is 175 Å². The Balaban J connectivity index is 0.000000539. The van der Waals surface area contributed by atoms with Crippen LogP contribution in [0, 0.1) is 0 Å². The van der Waals surface area contributed by atoms with Crippen molar-refractivity contribution in [3.8, 4) is 5.75 Å². The maximum Gasteiger partial charge on any atom is 0.193 e. The highest BCUT2D eigenvalue weighted by molar-refractivity contribution is 6.01. The van der Waals surface area contributed by atoms with Crippen molar-refractivity contribution in [3.05, 3.63) is 29.8 Å². The molecule has 4 atom stereocenters. The number of carbonyl (C=O) groups is 1. The zero-order valence-corrected chi connectivity index (χ0v) is 17.2. The molecular weight excluding hydrogens is 400 g/mol. The Bertz CT molecular complexity index is 605. The first kappa shape index (κ1) is 26.4. The number of carbonyl (C=O) groups excluding carboxylic acids is 1. The number of Topliss-reactive ketones (excluding diaryl/α,β-unsaturated/α-hetero) is 1. The number of epoxide rings is 1. The monoisotopic (exact) mass is 432 g/mol. The number of ketones is 1. The molecule has 0 aliphatic carbocycles. The molecule has 1 fully saturated rings. The minimum absolute atomic E-state index is 0.0330. The fraction of sp³-hybridized carbons (Fsp3) is 0.650. The molecule has 1 aliphatic rings. The first-order chi connectivity index (χ1) is 14.2. The third-order valence-corrected chi connectivity index (χ3v) is 4.20. The smallest absolute Gasteiger partial charge is 0.193 e. The van der Waals surface area contributed by atoms with Crippen LogP contribution in [0.1, 0.15) is 24.2 Å². The molecule has 1 heterocycles. The summed E-state index contributed by atoms with van der Waals surface area (Å²) < 4.78 is 15.3. The van der Waals surface area contributed by atoms with Gasteiger partial charge in [-0.3, -0.25) is 4.79 Å². The van der Waals surface area contributed by atoms with Crippen molar-refractivity contribution < 1.29 is 49.6 Å². The van der Waals surface area contributed by atoms with Crippen LogP contribution in [0.4, 0.5) is 0 Å². The summed E-state index contributed by atoms with van der Waals surface area (Å²) in [6.07, 6.45) is -2.17. The first-order valence-corrected chi connectivity index (χ1v) is 9.56. The van der Waals surface area contributed by atoms with E-state index in [-0.39, 0.29) is 44.4 Å². The SMILES string of the molecule is CC(C)(O)C(=O)c1ccc(OCCOC(CO)C(O)CO)cc1.OCC1OC1CO. The largest absolute Gasteiger partial charge is 0.491 e. The van der Waals surface area contributed by atoms with E-state index in [2.05, 4.69) is 0 Å². The molecular formula is C20H32O10. The molecule has 0 saturated carbocycles. The zero-order valence-electron chi connectivity index (χ0n) is 17.2. The first-order valence-electron chi connectivity index (χ1n) is 9.56. The van der Waals surface area contributed by atoms with Crippen LogP contribution in [0.25, 0.3) is 0 Å². The third kappa shape index (κ3) is 9.02. The van der Waals surface area contributed by atoms with Gasteiger partial charge in [0.2, 0.25) is 0 Å². The van der Waals surface area contributed by atoms with Gasteiger partial charge in [0.05, 0.1) is 33.0 Å². The maximum atomic E-state index is 11.9. The average Bonchev–Trinajstić information content (AvgIpc) is 3.52. The number of hydrogen-bond acceptors (Lipinski definition) is 10. The fourth-order valence-electron chi connectivity index (χ4n) is 2.32. The van der Waals surface area contributed by atoms with Gasteiger partial charge in [-0.15, -0.1) is 0 Å². The average molecular weight is 432 g/mol. The number of ether oxygens (including phenoxy) is 3. The van der Waals surface area contributed by atoms with Crippen molar-refractivity contribution in [1.29, 1.82) is 0 Å². The van der Waals surface area contributed by atoms with Crippen LogP contribution in [0.15, 0.2) is 24.3 Å². The topological polar surface area (TPSA) is 169 Å². The second-order valence-corrected chi connectivity index (χ2v) is 7.18. The van der Waals surface area contributed by atoms with Gasteiger partial charge in [0.1, 0.15) is 42.4 Å². The van der Waals surface area contributed by atoms with Crippen LogP contribution in [0.3, 0.4) is 0 Å². The summed E-state index contributed by atoms with van der Waals surface area (Å²) in [6, 6.07) is 6.32. The van der Waals surface area contributed by atoms with Crippen LogP contribution in [-0.2, 0) is 9.47 Å². The van der Waals surface area contributed by atoms with Gasteiger partial charge in [-0.1, -0.05) is 0 Å². The molecule has 10 heteroatoms. The molecule has 0 radical (unpaired) electrons. The minimum atomic E-state index is -1.43. The van der Waals surface area contributed by atoms with Crippen molar-refractivity contribution in [1.82, 2.24) is 0 Å². The highest BCUT2D eigenvalue weighted by Gasteiger charge is 2.36. The summed E-state index contributed by atoms with van der Waals surface area (Å²) >= 11 is 0. The van der Waals surface area contributed by atoms with Gasteiger partial charge < -0.3 is 44.8 Å². The van der Waals surface area contributed by atoms with Gasteiger partial charge in [-0.05, 0) is 38.1 Å². The standard InChI is InChI=1S/C16H24O7.C4H8O3/c1-16(2,21)15(20)11-3-5-12(6-4-11)22-7-8-23-14(10-18)13(19)9-17;5-1-3-4(2-6)7-3/h3-6,13-14,17-19,21H,7-10H2,1-2H3;3-6H,1-2H2. The molecule has 0 bridgehead atoms. The van der Waals surface area contributed by atoms with Crippen molar-refractivity contribution in [3.63, 3.8) is 0 Å². The van der Waals surface area contributed by atoms with E-state index in [1.54, 1.807) is 24.3 Å². The van der Waals surface area contributed by atoms with Gasteiger partial charge in [-0.2, -0.15) is 0 Å². The summed E-state index contributed by atoms with van der Waals surface area (Å²) in [6.45, 7) is 2.31. The van der Waals surface area contributed by atoms with Gasteiger partial charge in [-0.25, -0.2) is 0 Å². The molecule has 10 nitrogen and oxygen atoms in total. The third-order valence-electron chi connectivity index (χ3n) is 4.20. The van der Waals surface area contributed by atoms with E-state index in [4.69, 9.17) is 34.6 Å². The number of hydrogen-bond donors (Lipinski definition) is 6. The lowest BCUT2D eigenvalue weighted by molar-refractivity contribution is -0.0843. The van der Waals surface area contributed by atoms with E-state index in [1.165, 1.54) is 13.8 Å². The molecule has 172 valence electrons. The predicted octanol–water partition coefficient (Wildman–Crippen LogP) is -1.51. The molecule has 1 aliphatic heterocycles. The number of aliphatic hydroxyl groups is 6. The summed E-state index contributed by atoms with van der Waals surface area (Å²) in [5.41, 5.74) is -1.05. The van der Waals surface area contributed by atoms with Crippen molar-refractivity contribution >= 4 is 5.78 Å². The van der Waals surface area contributed by atoms with E-state index in [0.29, 0.717) is 11.3 Å². The molecule has 0 aromatic heterocycles. The predicted molar refractivity (Wildman–Crippen MR) is 105 cm³/mol. The van der Waals surface area contributed by atoms with Gasteiger partial charge in [0.15, 0.2) is 5.78 Å². The van der Waals surface area contributed by atoms with E-state index in [0.717, 1.165) is 0 Å². The molecule has 6 N–H and O–H groups in total. The summed E-state index contributed by atoms with van der Waals surface area (Å²) in [5, 5.41) is 53.3. The van der Waals surface area contributed by atoms with E-state index in [9.17, 15) is 15.0 Å². The molecule has 1 aromatic carbocycles. The summed E-state index contributed by atoms with van der Waals surface area (Å²) in [5.74, 6) is 0.139. The molecule has 0 amide bonds. The number of aliphatic hydroxyl groups excluding tert-OH is 5. The quantitative estimate of drug-likeness (QED) is 0.130. The Morgan fingerprint density at radius 2 is 1.60 bits per heavy atom. The highest BCUT2D eigenvalue weighted by atomic mass is 16.6. The molecule has 1 saturated heterocycles. The van der Waals surface area contributed by atoms with E-state index >= 15 is 0 Å². The van der Waals surface area contributed by atoms with E-state index < -0.39 is 31.0 Å². The fourth-order valence-corrected chi connectivity index (χ4v) is 2.32. The lowest BCUT2D eigenvalue weighted by Crippen LogP contribution is -2.36. The molecule has 30 heavy (non-hydrogen) atoms. The van der Waals surface area contributed by atoms with Crippen LogP contribution in [0.2, 0.25) is 0 Å². The van der Waals surface area contributed by atoms with Gasteiger partial charge in [0, 0.05) is 5.56 Å². The maximum absolute atomic E-state index is 11.9. The number of benzene rings is 1. The lowest BCUT2D eigenvalue weighted by atomic mass is 9.97. The van der Waals surface area contributed by atoms with Crippen molar-refractivity contribution in [2.24, 2.45) is 0 Å². The van der Waals surface area contributed by atoms with Crippen LogP contribution >= 0.6 is 0 Å². The normalized spacial score (nSPS) is 20.0. The lowest BCUT2D eigenvalue weighted by Gasteiger charge is -2.19. The Hall–Kier alpha value is -1.63. The summed E-state index contributed by atoms with van der Waals surface area (Å²) in [7, 11) is 0. The Morgan fingerprint density at radius 3 is 2.00 bits per heavy atom. The van der Waals surface area contributed by atoms with Crippen molar-refractivity contribution in [2.45, 2.75) is 43.9 Å². The number of rotatable bonds is 12. The minimum Gasteiger partial charge on any atom is -0.491 e. The van der Waals surface area contributed by atoms with E-state index in [1.807, 2.05) is 0 Å². The van der Waals surface area contributed by atoms with Crippen molar-refractivity contribution in [2.75, 3.05) is 39.6 Å². The molecule has 2 rings (SSSR count). The van der Waals surface area contributed by atoms with Crippen LogP contribution < -0.4 is 4.74 Å². The summed E-state index contributed by atoms with van der Waals surface area (Å²) in [4.78, 5) is 11.9. The Kier molecular flexibility index (Phi) is 11.4. The second-order valence-electron chi connectivity index (χ2n) is 7.18. The zero-order chi connectivity index (χ0) is 22.7. The molecule has 0 spiro atoms.